The summed E-state index contributed by atoms with van der Waals surface area (Å²) in [5.74, 6) is -0.393. The monoisotopic (exact) mass is 382 g/mol. The Kier molecular flexibility index (Phi) is 5.75. The van der Waals surface area contributed by atoms with E-state index < -0.39 is 10.8 Å². The number of carbonyl (C=O) groups excluding carboxylic acids is 1. The maximum atomic E-state index is 12.5. The Morgan fingerprint density at radius 1 is 1.18 bits per heavy atom. The number of fused-ring (bicyclic) bond motifs is 1. The van der Waals surface area contributed by atoms with Crippen molar-refractivity contribution in [2.75, 3.05) is 13.7 Å². The third-order valence-corrected chi connectivity index (χ3v) is 4.21. The van der Waals surface area contributed by atoms with Gasteiger partial charge >= 0.3 is 0 Å². The molecule has 0 saturated heterocycles. The first kappa shape index (κ1) is 19.2. The third-order valence-electron chi connectivity index (χ3n) is 4.21. The van der Waals surface area contributed by atoms with Gasteiger partial charge in [-0.25, -0.2) is 4.68 Å². The fourth-order valence-electron chi connectivity index (χ4n) is 2.77. The van der Waals surface area contributed by atoms with Crippen LogP contribution in [0.4, 0.5) is 5.69 Å². The van der Waals surface area contributed by atoms with Crippen LogP contribution in [0.15, 0.2) is 53.3 Å². The summed E-state index contributed by atoms with van der Waals surface area (Å²) in [6.45, 7) is 0.729. The van der Waals surface area contributed by atoms with Gasteiger partial charge in [-0.2, -0.15) is 5.10 Å². The molecular formula is C19H18N4O5. The highest BCUT2D eigenvalue weighted by Crippen LogP contribution is 2.14. The molecule has 0 fully saturated rings. The Bertz CT molecular complexity index is 1080. The van der Waals surface area contributed by atoms with Gasteiger partial charge in [0.15, 0.2) is 0 Å². The van der Waals surface area contributed by atoms with Crippen LogP contribution in [0, 0.1) is 10.1 Å². The Balaban J connectivity index is 1.85. The Hall–Kier alpha value is -3.59. The van der Waals surface area contributed by atoms with Gasteiger partial charge in [0.25, 0.3) is 17.2 Å². The second kappa shape index (κ2) is 8.40. The second-order valence-electron chi connectivity index (χ2n) is 6.00. The number of aromatic nitrogens is 2. The van der Waals surface area contributed by atoms with Crippen molar-refractivity contribution in [1.82, 2.24) is 15.1 Å². The Morgan fingerprint density at radius 3 is 2.50 bits per heavy atom. The molecule has 0 radical (unpaired) electrons. The minimum absolute atomic E-state index is 0.0885. The number of carbonyl (C=O) groups is 1. The molecule has 0 aliphatic rings. The fraction of sp³-hybridized carbons (Fsp3) is 0.211. The van der Waals surface area contributed by atoms with Crippen LogP contribution in [-0.4, -0.2) is 34.3 Å². The Labute approximate surface area is 159 Å². The van der Waals surface area contributed by atoms with Crippen molar-refractivity contribution in [3.63, 3.8) is 0 Å². The van der Waals surface area contributed by atoms with Gasteiger partial charge in [0.2, 0.25) is 0 Å². The molecule has 0 atom stereocenters. The summed E-state index contributed by atoms with van der Waals surface area (Å²) in [6.07, 6.45) is 0. The molecule has 0 saturated carbocycles. The van der Waals surface area contributed by atoms with E-state index >= 15 is 0 Å². The highest BCUT2D eigenvalue weighted by atomic mass is 16.6. The van der Waals surface area contributed by atoms with Gasteiger partial charge in [0, 0.05) is 30.2 Å². The molecule has 2 aromatic carbocycles. The smallest absolute Gasteiger partial charge is 0.274 e. The number of benzene rings is 2. The second-order valence-corrected chi connectivity index (χ2v) is 6.00. The first-order valence-electron chi connectivity index (χ1n) is 8.51. The lowest BCUT2D eigenvalue weighted by Crippen LogP contribution is -2.29. The number of hydrogen-bond acceptors (Lipinski definition) is 6. The lowest BCUT2D eigenvalue weighted by atomic mass is 10.1. The molecule has 3 rings (SSSR count). The average molecular weight is 382 g/mol. The zero-order valence-corrected chi connectivity index (χ0v) is 15.1. The molecule has 9 heteroatoms. The molecule has 0 spiro atoms. The van der Waals surface area contributed by atoms with Crippen LogP contribution in [0.3, 0.4) is 0 Å². The van der Waals surface area contributed by atoms with Crippen molar-refractivity contribution in [2.24, 2.45) is 0 Å². The fourth-order valence-corrected chi connectivity index (χ4v) is 2.77. The van der Waals surface area contributed by atoms with E-state index in [-0.39, 0.29) is 17.8 Å². The number of hydrogen-bond donors (Lipinski definition) is 1. The molecule has 28 heavy (non-hydrogen) atoms. The van der Waals surface area contributed by atoms with Crippen molar-refractivity contribution in [1.29, 1.82) is 0 Å². The maximum absolute atomic E-state index is 12.5. The third kappa shape index (κ3) is 4.04. The van der Waals surface area contributed by atoms with Crippen LogP contribution >= 0.6 is 0 Å². The summed E-state index contributed by atoms with van der Waals surface area (Å²) < 4.78 is 6.34. The molecule has 1 aromatic heterocycles. The van der Waals surface area contributed by atoms with E-state index in [2.05, 4.69) is 10.4 Å². The zero-order valence-electron chi connectivity index (χ0n) is 15.1. The lowest BCUT2D eigenvalue weighted by Gasteiger charge is -2.11. The number of nitrogens with one attached hydrogen (secondary N) is 1. The van der Waals surface area contributed by atoms with Gasteiger partial charge in [-0.1, -0.05) is 18.2 Å². The van der Waals surface area contributed by atoms with Gasteiger partial charge in [0.05, 0.1) is 35.7 Å². The minimum atomic E-state index is -0.527. The number of nitrogens with zero attached hydrogens (tertiary/aromatic N) is 3. The lowest BCUT2D eigenvalue weighted by molar-refractivity contribution is -0.384. The normalized spacial score (nSPS) is 10.8. The van der Waals surface area contributed by atoms with Crippen molar-refractivity contribution in [2.45, 2.75) is 13.1 Å². The minimum Gasteiger partial charge on any atom is -0.383 e. The highest BCUT2D eigenvalue weighted by Gasteiger charge is 2.13. The number of nitro groups is 1. The van der Waals surface area contributed by atoms with E-state index in [0.717, 1.165) is 0 Å². The predicted molar refractivity (Wildman–Crippen MR) is 102 cm³/mol. The van der Waals surface area contributed by atoms with Crippen LogP contribution in [0.1, 0.15) is 16.1 Å². The van der Waals surface area contributed by atoms with Crippen LogP contribution in [0.2, 0.25) is 0 Å². The molecule has 1 heterocycles. The molecular weight excluding hydrogens is 364 g/mol. The standard InChI is InChI=1S/C19H18N4O5/c1-28-11-10-22-19(25)16-5-3-2-4-15(16)17(21-22)12-20-18(24)13-6-8-14(9-7-13)23(26)27/h2-9H,10-12H2,1H3,(H,20,24). The first-order valence-corrected chi connectivity index (χ1v) is 8.51. The molecule has 3 aromatic rings. The van der Waals surface area contributed by atoms with E-state index in [1.807, 2.05) is 0 Å². The van der Waals surface area contributed by atoms with Gasteiger partial charge in [-0.15, -0.1) is 0 Å². The predicted octanol–water partition coefficient (Wildman–Crippen LogP) is 1.88. The van der Waals surface area contributed by atoms with E-state index in [0.29, 0.717) is 35.2 Å². The summed E-state index contributed by atoms with van der Waals surface area (Å²) >= 11 is 0. The van der Waals surface area contributed by atoms with Crippen molar-refractivity contribution in [3.8, 4) is 0 Å². The van der Waals surface area contributed by atoms with Crippen molar-refractivity contribution < 1.29 is 14.5 Å². The number of amides is 1. The van der Waals surface area contributed by atoms with Gasteiger partial charge < -0.3 is 10.1 Å². The number of rotatable bonds is 7. The average Bonchev–Trinajstić information content (AvgIpc) is 2.72. The van der Waals surface area contributed by atoms with E-state index in [9.17, 15) is 19.7 Å². The largest absolute Gasteiger partial charge is 0.383 e. The van der Waals surface area contributed by atoms with E-state index in [4.69, 9.17) is 4.74 Å². The summed E-state index contributed by atoms with van der Waals surface area (Å²) in [7, 11) is 1.54. The SMILES string of the molecule is COCCn1nc(CNC(=O)c2ccc([N+](=O)[O-])cc2)c2ccccc2c1=O. The van der Waals surface area contributed by atoms with E-state index in [1.54, 1.807) is 24.3 Å². The molecule has 1 amide bonds. The summed E-state index contributed by atoms with van der Waals surface area (Å²) in [5, 5.41) is 19.0. The topological polar surface area (TPSA) is 116 Å². The van der Waals surface area contributed by atoms with Gasteiger partial charge in [-0.05, 0) is 18.2 Å². The van der Waals surface area contributed by atoms with Crippen LogP contribution in [0.25, 0.3) is 10.8 Å². The molecule has 0 bridgehead atoms. The maximum Gasteiger partial charge on any atom is 0.274 e. The van der Waals surface area contributed by atoms with Crippen LogP contribution in [0.5, 0.6) is 0 Å². The Morgan fingerprint density at radius 2 is 1.86 bits per heavy atom. The van der Waals surface area contributed by atoms with Gasteiger partial charge in [-0.3, -0.25) is 19.7 Å². The summed E-state index contributed by atoms with van der Waals surface area (Å²) in [6, 6.07) is 12.4. The van der Waals surface area contributed by atoms with Gasteiger partial charge in [0.1, 0.15) is 0 Å². The van der Waals surface area contributed by atoms with Crippen LogP contribution in [-0.2, 0) is 17.8 Å². The molecule has 0 aliphatic carbocycles. The van der Waals surface area contributed by atoms with Crippen molar-refractivity contribution >= 4 is 22.4 Å². The zero-order chi connectivity index (χ0) is 20.1. The number of methoxy groups -OCH3 is 1. The molecule has 9 nitrogen and oxygen atoms in total. The summed E-state index contributed by atoms with van der Waals surface area (Å²) in [5.41, 5.74) is 0.525. The van der Waals surface area contributed by atoms with Crippen LogP contribution < -0.4 is 10.9 Å². The number of ether oxygens (including phenoxy) is 1. The molecule has 0 unspecified atom stereocenters. The highest BCUT2D eigenvalue weighted by molar-refractivity contribution is 5.94. The molecule has 0 aliphatic heterocycles. The summed E-state index contributed by atoms with van der Waals surface area (Å²) in [4.78, 5) is 35.1. The quantitative estimate of drug-likeness (QED) is 0.493. The molecule has 1 N–H and O–H groups in total. The number of nitro benzene ring substituents is 1. The van der Waals surface area contributed by atoms with Crippen molar-refractivity contribution in [3.05, 3.63) is 80.3 Å². The molecule has 144 valence electrons. The first-order chi connectivity index (χ1) is 13.5. The number of non-ortho nitro benzene ring substituents is 1. The van der Waals surface area contributed by atoms with E-state index in [1.165, 1.54) is 36.1 Å².